The van der Waals surface area contributed by atoms with E-state index in [-0.39, 0.29) is 11.7 Å². The molecule has 1 aliphatic carbocycles. The van der Waals surface area contributed by atoms with Crippen LogP contribution < -0.4 is 5.43 Å². The molecule has 1 amide bonds. The zero-order valence-corrected chi connectivity index (χ0v) is 12.4. The van der Waals surface area contributed by atoms with Crippen molar-refractivity contribution in [1.82, 2.24) is 5.43 Å². The van der Waals surface area contributed by atoms with Crippen molar-refractivity contribution in [3.8, 4) is 5.75 Å². The Morgan fingerprint density at radius 3 is 2.67 bits per heavy atom. The van der Waals surface area contributed by atoms with E-state index in [1.54, 1.807) is 12.1 Å². The fraction of sp³-hybridized carbons (Fsp3) is 0.294. The van der Waals surface area contributed by atoms with E-state index in [1.165, 1.54) is 12.1 Å². The maximum Gasteiger partial charge on any atom is 0.271 e. The van der Waals surface area contributed by atoms with E-state index in [0.29, 0.717) is 11.5 Å². The molecule has 0 saturated heterocycles. The molecule has 1 atom stereocenters. The van der Waals surface area contributed by atoms with Gasteiger partial charge < -0.3 is 5.11 Å². The van der Waals surface area contributed by atoms with Crippen molar-refractivity contribution in [2.75, 3.05) is 0 Å². The Hall–Kier alpha value is -2.36. The van der Waals surface area contributed by atoms with Crippen molar-refractivity contribution in [2.45, 2.75) is 26.7 Å². The van der Waals surface area contributed by atoms with Crippen LogP contribution in [0.2, 0.25) is 0 Å². The molecule has 4 nitrogen and oxygen atoms in total. The zero-order valence-electron chi connectivity index (χ0n) is 12.4. The molecule has 2 rings (SSSR count). The first-order chi connectivity index (χ1) is 9.97. The molecular weight excluding hydrogens is 264 g/mol. The summed E-state index contributed by atoms with van der Waals surface area (Å²) >= 11 is 0. The van der Waals surface area contributed by atoms with E-state index in [0.717, 1.165) is 29.7 Å². The molecule has 0 heterocycles. The van der Waals surface area contributed by atoms with Gasteiger partial charge in [-0.05, 0) is 62.4 Å². The topological polar surface area (TPSA) is 61.7 Å². The van der Waals surface area contributed by atoms with Crippen LogP contribution in [0.3, 0.4) is 0 Å². The molecule has 0 unspecified atom stereocenters. The second kappa shape index (κ2) is 6.39. The Morgan fingerprint density at radius 1 is 1.38 bits per heavy atom. The van der Waals surface area contributed by atoms with Gasteiger partial charge in [0.05, 0.1) is 5.71 Å². The molecule has 0 aromatic heterocycles. The molecule has 0 radical (unpaired) electrons. The lowest BCUT2D eigenvalue weighted by molar-refractivity contribution is 0.0954. The Kier molecular flexibility index (Phi) is 4.58. The van der Waals surface area contributed by atoms with E-state index in [4.69, 9.17) is 0 Å². The number of aromatic hydroxyl groups is 1. The largest absolute Gasteiger partial charge is 0.508 e. The number of hydrazone groups is 1. The number of rotatable bonds is 3. The van der Waals surface area contributed by atoms with E-state index < -0.39 is 0 Å². The average molecular weight is 284 g/mol. The second-order valence-electron chi connectivity index (χ2n) is 5.42. The highest BCUT2D eigenvalue weighted by Gasteiger charge is 2.18. The van der Waals surface area contributed by atoms with E-state index >= 15 is 0 Å². The van der Waals surface area contributed by atoms with Crippen molar-refractivity contribution in [3.05, 3.63) is 53.6 Å². The van der Waals surface area contributed by atoms with Crippen LogP contribution in [-0.2, 0) is 0 Å². The van der Waals surface area contributed by atoms with Gasteiger partial charge in [-0.1, -0.05) is 18.2 Å². The van der Waals surface area contributed by atoms with Gasteiger partial charge in [0.1, 0.15) is 5.75 Å². The van der Waals surface area contributed by atoms with Gasteiger partial charge in [0.2, 0.25) is 0 Å². The lowest BCUT2D eigenvalue weighted by Gasteiger charge is -2.22. The normalized spacial score (nSPS) is 20.0. The van der Waals surface area contributed by atoms with Crippen LogP contribution in [0.5, 0.6) is 5.75 Å². The molecule has 1 aliphatic rings. The standard InChI is InChI=1S/C17H20N2O2/c1-11(2)14-5-4-12(3)16(10-14)18-19-17(21)13-6-8-15(20)9-7-13/h4,6-9,14,20H,1,5,10H2,2-3H3,(H,19,21)/b18-16-/t14-/m0/s1. The van der Waals surface area contributed by atoms with Crippen molar-refractivity contribution >= 4 is 11.6 Å². The van der Waals surface area contributed by atoms with E-state index in [1.807, 2.05) is 13.8 Å². The maximum absolute atomic E-state index is 12.0. The predicted molar refractivity (Wildman–Crippen MR) is 84.3 cm³/mol. The smallest absolute Gasteiger partial charge is 0.271 e. The highest BCUT2D eigenvalue weighted by Crippen LogP contribution is 2.26. The lowest BCUT2D eigenvalue weighted by atomic mass is 9.85. The quantitative estimate of drug-likeness (QED) is 0.660. The Bertz CT molecular complexity index is 612. The van der Waals surface area contributed by atoms with Crippen LogP contribution in [0.4, 0.5) is 0 Å². The minimum atomic E-state index is -0.284. The summed E-state index contributed by atoms with van der Waals surface area (Å²) in [6.45, 7) is 8.01. The fourth-order valence-electron chi connectivity index (χ4n) is 2.22. The molecule has 1 aromatic rings. The summed E-state index contributed by atoms with van der Waals surface area (Å²) in [5, 5.41) is 13.5. The van der Waals surface area contributed by atoms with Gasteiger partial charge in [-0.15, -0.1) is 0 Å². The summed E-state index contributed by atoms with van der Waals surface area (Å²) in [5.74, 6) is 0.235. The highest BCUT2D eigenvalue weighted by atomic mass is 16.3. The molecule has 0 aliphatic heterocycles. The number of nitrogens with zero attached hydrogens (tertiary/aromatic N) is 1. The van der Waals surface area contributed by atoms with Crippen LogP contribution in [0.15, 0.2) is 53.2 Å². The summed E-state index contributed by atoms with van der Waals surface area (Å²) < 4.78 is 0. The molecule has 1 aromatic carbocycles. The Labute approximate surface area is 124 Å². The molecule has 0 saturated carbocycles. The van der Waals surface area contributed by atoms with Gasteiger partial charge >= 0.3 is 0 Å². The number of phenolic OH excluding ortho intramolecular Hbond substituents is 1. The van der Waals surface area contributed by atoms with Gasteiger partial charge in [-0.2, -0.15) is 5.10 Å². The molecule has 0 spiro atoms. The zero-order chi connectivity index (χ0) is 15.4. The highest BCUT2D eigenvalue weighted by molar-refractivity contribution is 6.02. The lowest BCUT2D eigenvalue weighted by Crippen LogP contribution is -2.23. The van der Waals surface area contributed by atoms with Gasteiger partial charge in [0.15, 0.2) is 0 Å². The number of phenols is 1. The van der Waals surface area contributed by atoms with Crippen LogP contribution in [-0.4, -0.2) is 16.7 Å². The molecule has 0 bridgehead atoms. The number of hydrogen-bond acceptors (Lipinski definition) is 3. The predicted octanol–water partition coefficient (Wildman–Crippen LogP) is 3.41. The molecule has 21 heavy (non-hydrogen) atoms. The average Bonchev–Trinajstić information content (AvgIpc) is 2.46. The molecule has 0 fully saturated rings. The number of hydrogen-bond donors (Lipinski definition) is 2. The van der Waals surface area contributed by atoms with Crippen molar-refractivity contribution in [3.63, 3.8) is 0 Å². The summed E-state index contributed by atoms with van der Waals surface area (Å²) in [4.78, 5) is 12.0. The third-order valence-corrected chi connectivity index (χ3v) is 3.72. The molecule has 2 N–H and O–H groups in total. The van der Waals surface area contributed by atoms with Crippen LogP contribution in [0, 0.1) is 5.92 Å². The maximum atomic E-state index is 12.0. The molecule has 110 valence electrons. The van der Waals surface area contributed by atoms with E-state index in [2.05, 4.69) is 23.2 Å². The third kappa shape index (κ3) is 3.81. The SMILES string of the molecule is C=C(C)[C@H]1CC=C(C)/C(=N\NC(=O)c2ccc(O)cc2)C1. The van der Waals surface area contributed by atoms with Gasteiger partial charge in [0.25, 0.3) is 5.91 Å². The number of amides is 1. The van der Waals surface area contributed by atoms with Crippen LogP contribution >= 0.6 is 0 Å². The minimum Gasteiger partial charge on any atom is -0.508 e. The van der Waals surface area contributed by atoms with Gasteiger partial charge in [0, 0.05) is 5.56 Å². The summed E-state index contributed by atoms with van der Waals surface area (Å²) in [5.41, 5.74) is 6.16. The van der Waals surface area contributed by atoms with Gasteiger partial charge in [-0.25, -0.2) is 5.43 Å². The minimum absolute atomic E-state index is 0.133. The number of allylic oxidation sites excluding steroid dienone is 3. The fourth-order valence-corrected chi connectivity index (χ4v) is 2.22. The molecular formula is C17H20N2O2. The summed E-state index contributed by atoms with van der Waals surface area (Å²) in [6.07, 6.45) is 3.91. The number of benzene rings is 1. The third-order valence-electron chi connectivity index (χ3n) is 3.72. The monoisotopic (exact) mass is 284 g/mol. The van der Waals surface area contributed by atoms with Crippen molar-refractivity contribution in [2.24, 2.45) is 11.0 Å². The van der Waals surface area contributed by atoms with Crippen molar-refractivity contribution in [1.29, 1.82) is 0 Å². The van der Waals surface area contributed by atoms with Crippen molar-refractivity contribution < 1.29 is 9.90 Å². The second-order valence-corrected chi connectivity index (χ2v) is 5.42. The Morgan fingerprint density at radius 2 is 2.05 bits per heavy atom. The number of nitrogens with one attached hydrogen (secondary N) is 1. The van der Waals surface area contributed by atoms with Crippen LogP contribution in [0.25, 0.3) is 0 Å². The number of carbonyl (C=O) groups excluding carboxylic acids is 1. The van der Waals surface area contributed by atoms with Crippen LogP contribution in [0.1, 0.15) is 37.0 Å². The molecule has 4 heteroatoms. The first kappa shape index (κ1) is 15.0. The van der Waals surface area contributed by atoms with Gasteiger partial charge in [-0.3, -0.25) is 4.79 Å². The van der Waals surface area contributed by atoms with E-state index in [9.17, 15) is 9.90 Å². The number of carbonyl (C=O) groups is 1. The summed E-state index contributed by atoms with van der Waals surface area (Å²) in [7, 11) is 0. The Balaban J connectivity index is 2.07. The summed E-state index contributed by atoms with van der Waals surface area (Å²) in [6, 6.07) is 6.08. The first-order valence-corrected chi connectivity index (χ1v) is 6.96. The first-order valence-electron chi connectivity index (χ1n) is 6.96.